The number of amides is 1. The lowest BCUT2D eigenvalue weighted by atomic mass is 9.42. The van der Waals surface area contributed by atoms with Gasteiger partial charge in [0.05, 0.1) is 43.0 Å². The van der Waals surface area contributed by atoms with E-state index in [0.717, 1.165) is 7.11 Å². The number of nitrogens with one attached hydrogen (secondary N) is 1. The molecule has 12 heteroatoms. The first kappa shape index (κ1) is 30.3. The molecule has 0 aromatic carbocycles. The largest absolute Gasteiger partial charge is 0.453 e. The molecule has 0 aromatic heterocycles. The molecule has 1 heterocycles. The Morgan fingerprint density at radius 3 is 2.33 bits per heavy atom. The quantitative estimate of drug-likeness (QED) is 0.138. The summed E-state index contributed by atoms with van der Waals surface area (Å²) in [5, 5.41) is 70.8. The fraction of sp³-hybridized carbons (Fsp3) is 0.852. The Kier molecular flexibility index (Phi) is 7.56. The van der Waals surface area contributed by atoms with Crippen molar-refractivity contribution in [2.24, 2.45) is 28.6 Å². The number of ketones is 1. The van der Waals surface area contributed by atoms with Crippen molar-refractivity contribution >= 4 is 11.9 Å². The van der Waals surface area contributed by atoms with Crippen LogP contribution in [-0.4, -0.2) is 104 Å². The predicted molar refractivity (Wildman–Crippen MR) is 135 cm³/mol. The maximum atomic E-state index is 14.1. The van der Waals surface area contributed by atoms with E-state index in [9.17, 15) is 40.4 Å². The van der Waals surface area contributed by atoms with Crippen molar-refractivity contribution in [2.45, 2.75) is 102 Å². The van der Waals surface area contributed by atoms with Crippen molar-refractivity contribution in [3.63, 3.8) is 0 Å². The Morgan fingerprint density at radius 1 is 1.21 bits per heavy atom. The van der Waals surface area contributed by atoms with E-state index in [1.807, 2.05) is 0 Å². The molecule has 0 radical (unpaired) electrons. The zero-order chi connectivity index (χ0) is 29.5. The molecule has 2 bridgehead atoms. The van der Waals surface area contributed by atoms with Crippen molar-refractivity contribution in [3.8, 4) is 0 Å². The summed E-state index contributed by atoms with van der Waals surface area (Å²) >= 11 is 0. The summed E-state index contributed by atoms with van der Waals surface area (Å²) in [6, 6.07) is -0.948. The minimum atomic E-state index is -1.76. The lowest BCUT2D eigenvalue weighted by Crippen LogP contribution is -2.78. The van der Waals surface area contributed by atoms with Crippen LogP contribution in [0.25, 0.3) is 0 Å². The van der Waals surface area contributed by atoms with E-state index < -0.39 is 88.2 Å². The zero-order valence-electron chi connectivity index (χ0n) is 23.5. The van der Waals surface area contributed by atoms with Crippen LogP contribution in [-0.2, 0) is 19.2 Å². The SMILES string of the molecule is COC(=O)NC(C)C(O)[C@H](OO)C1CC2(O)C(C)C3C4(O)COC4CC(O)[C@@]3(C)C(=O)C(O)C(=C1C)C2(C)C. The molecular formula is C27H43NO11. The van der Waals surface area contributed by atoms with Gasteiger partial charge in [0.2, 0.25) is 0 Å². The lowest BCUT2D eigenvalue weighted by Gasteiger charge is -2.67. The van der Waals surface area contributed by atoms with Crippen LogP contribution in [0.4, 0.5) is 4.79 Å². The van der Waals surface area contributed by atoms with Crippen LogP contribution in [0.1, 0.15) is 54.4 Å². The van der Waals surface area contributed by atoms with Gasteiger partial charge in [-0.2, -0.15) is 0 Å². The summed E-state index contributed by atoms with van der Waals surface area (Å²) in [7, 11) is 1.16. The van der Waals surface area contributed by atoms with E-state index >= 15 is 0 Å². The highest BCUT2D eigenvalue weighted by molar-refractivity contribution is 5.93. The van der Waals surface area contributed by atoms with Crippen LogP contribution in [0.3, 0.4) is 0 Å². The summed E-state index contributed by atoms with van der Waals surface area (Å²) in [5.41, 5.74) is -5.42. The van der Waals surface area contributed by atoms with Crippen LogP contribution < -0.4 is 5.32 Å². The zero-order valence-corrected chi connectivity index (χ0v) is 23.5. The van der Waals surface area contributed by atoms with E-state index in [2.05, 4.69) is 10.1 Å². The Bertz CT molecular complexity index is 1050. The Morgan fingerprint density at radius 2 is 1.82 bits per heavy atom. The summed E-state index contributed by atoms with van der Waals surface area (Å²) in [5.74, 6) is -3.41. The topological polar surface area (TPSA) is 195 Å². The van der Waals surface area contributed by atoms with Crippen LogP contribution in [0, 0.1) is 28.6 Å². The minimum Gasteiger partial charge on any atom is -0.453 e. The molecule has 10 unspecified atom stereocenters. The second-order valence-electron chi connectivity index (χ2n) is 12.8. The highest BCUT2D eigenvalue weighted by Crippen LogP contribution is 2.65. The molecule has 1 amide bonds. The molecule has 3 fully saturated rings. The first-order valence-electron chi connectivity index (χ1n) is 13.5. The standard InChI is InChI=1S/C27H43NO11/c1-11-14(20(39-36)18(30)13(3)28-23(33)37-7)9-27(35)12(2)21-25(6,15(29)8-16-26(21,34)10-38-16)22(32)19(31)17(11)24(27,4)5/h12-16,18-21,29-31,34-36H,8-10H2,1-7H3,(H,28,33)/t12?,13?,14?,15?,16?,18?,19?,20-,21?,25-,26?,27?/m1/s1. The van der Waals surface area contributed by atoms with E-state index in [4.69, 9.17) is 9.62 Å². The monoisotopic (exact) mass is 557 g/mol. The number of rotatable bonds is 5. The van der Waals surface area contributed by atoms with Gasteiger partial charge in [-0.25, -0.2) is 9.68 Å². The maximum absolute atomic E-state index is 14.1. The molecule has 12 nitrogen and oxygen atoms in total. The van der Waals surface area contributed by atoms with Gasteiger partial charge in [0.25, 0.3) is 0 Å². The van der Waals surface area contributed by atoms with E-state index in [1.165, 1.54) is 13.8 Å². The molecule has 2 saturated carbocycles. The first-order valence-corrected chi connectivity index (χ1v) is 13.5. The smallest absolute Gasteiger partial charge is 0.407 e. The average Bonchev–Trinajstić information content (AvgIpc) is 2.87. The number of carbonyl (C=O) groups is 2. The molecule has 39 heavy (non-hydrogen) atoms. The number of ether oxygens (including phenoxy) is 2. The molecule has 1 aliphatic heterocycles. The van der Waals surface area contributed by atoms with Crippen molar-refractivity contribution in [3.05, 3.63) is 11.1 Å². The van der Waals surface area contributed by atoms with Crippen LogP contribution in [0.2, 0.25) is 0 Å². The molecule has 7 N–H and O–H groups in total. The maximum Gasteiger partial charge on any atom is 0.407 e. The van der Waals surface area contributed by atoms with Crippen LogP contribution >= 0.6 is 0 Å². The van der Waals surface area contributed by atoms with Gasteiger partial charge in [0.15, 0.2) is 5.78 Å². The highest BCUT2D eigenvalue weighted by Gasteiger charge is 2.74. The molecule has 1 saturated heterocycles. The third kappa shape index (κ3) is 3.94. The lowest BCUT2D eigenvalue weighted by molar-refractivity contribution is -0.339. The fourth-order valence-corrected chi connectivity index (χ4v) is 8.41. The summed E-state index contributed by atoms with van der Waals surface area (Å²) in [6.45, 7) is 9.70. The molecule has 0 spiro atoms. The van der Waals surface area contributed by atoms with E-state index in [1.54, 1.807) is 27.7 Å². The number of fused-ring (bicyclic) bond motifs is 5. The molecule has 12 atom stereocenters. The van der Waals surface area contributed by atoms with Gasteiger partial charge >= 0.3 is 6.09 Å². The number of methoxy groups -OCH3 is 1. The Hall–Kier alpha value is -1.64. The number of hydrogen-bond acceptors (Lipinski definition) is 11. The van der Waals surface area contributed by atoms with Crippen molar-refractivity contribution in [1.29, 1.82) is 0 Å². The van der Waals surface area contributed by atoms with E-state index in [0.29, 0.717) is 5.57 Å². The third-order valence-corrected chi connectivity index (χ3v) is 10.9. The fourth-order valence-electron chi connectivity index (χ4n) is 8.41. The highest BCUT2D eigenvalue weighted by atomic mass is 17.1. The van der Waals surface area contributed by atoms with Crippen molar-refractivity contribution in [1.82, 2.24) is 5.32 Å². The summed E-state index contributed by atoms with van der Waals surface area (Å²) in [4.78, 5) is 30.6. The van der Waals surface area contributed by atoms with Gasteiger partial charge in [-0.15, -0.1) is 0 Å². The minimum absolute atomic E-state index is 0.00879. The van der Waals surface area contributed by atoms with Gasteiger partial charge in [-0.3, -0.25) is 10.1 Å². The second-order valence-corrected chi connectivity index (χ2v) is 12.8. The predicted octanol–water partition coefficient (Wildman–Crippen LogP) is 0.140. The van der Waals surface area contributed by atoms with Gasteiger partial charge < -0.3 is 40.3 Å². The van der Waals surface area contributed by atoms with Crippen molar-refractivity contribution in [2.75, 3.05) is 13.7 Å². The number of aliphatic hydroxyl groups excluding tert-OH is 3. The van der Waals surface area contributed by atoms with Gasteiger partial charge in [0.1, 0.15) is 23.9 Å². The Balaban J connectivity index is 1.89. The van der Waals surface area contributed by atoms with Gasteiger partial charge in [-0.05, 0) is 38.7 Å². The molecule has 222 valence electrons. The molecular weight excluding hydrogens is 514 g/mol. The summed E-state index contributed by atoms with van der Waals surface area (Å²) in [6.07, 6.45) is -7.48. The Labute approximate surface area is 227 Å². The number of Topliss-reactive ketones (excluding diaryl/α,β-unsaturated/α-hetero) is 1. The van der Waals surface area contributed by atoms with Gasteiger partial charge in [0, 0.05) is 23.7 Å². The molecule has 3 aliphatic carbocycles. The van der Waals surface area contributed by atoms with Gasteiger partial charge in [-0.1, -0.05) is 26.3 Å². The van der Waals surface area contributed by atoms with Crippen LogP contribution in [0.15, 0.2) is 11.1 Å². The third-order valence-electron chi connectivity index (χ3n) is 10.9. The second kappa shape index (κ2) is 9.73. The van der Waals surface area contributed by atoms with E-state index in [-0.39, 0.29) is 25.0 Å². The molecule has 0 aromatic rings. The summed E-state index contributed by atoms with van der Waals surface area (Å²) < 4.78 is 10.1. The number of hydrogen-bond donors (Lipinski definition) is 7. The molecule has 4 aliphatic rings. The number of aliphatic hydroxyl groups is 5. The first-order chi connectivity index (χ1) is 17.9. The van der Waals surface area contributed by atoms with Crippen LogP contribution in [0.5, 0.6) is 0 Å². The van der Waals surface area contributed by atoms with Crippen molar-refractivity contribution < 1.29 is 54.7 Å². The number of carbonyl (C=O) groups excluding carboxylic acids is 2. The normalized spacial score (nSPS) is 45.5. The molecule has 4 rings (SSSR count). The average molecular weight is 558 g/mol. The number of alkyl carbamates (subject to hydrolysis) is 1.